The van der Waals surface area contributed by atoms with Crippen LogP contribution in [0.3, 0.4) is 0 Å². The number of amides is 1. The number of hydrogen-bond donors (Lipinski definition) is 1. The molecular weight excluding hydrogens is 394 g/mol. The molecular formula is C20H23N3O5S. The molecule has 0 spiro atoms. The molecule has 1 saturated heterocycles. The smallest absolute Gasteiger partial charge is 0.359 e. The molecule has 0 radical (unpaired) electrons. The van der Waals surface area contributed by atoms with Gasteiger partial charge in [0.15, 0.2) is 21.6 Å². The number of carbonyl (C=O) groups excluding carboxylic acids is 2. The second kappa shape index (κ2) is 7.62. The van der Waals surface area contributed by atoms with Gasteiger partial charge >= 0.3 is 5.97 Å². The van der Waals surface area contributed by atoms with E-state index in [4.69, 9.17) is 4.74 Å². The lowest BCUT2D eigenvalue weighted by Gasteiger charge is -2.16. The minimum Gasteiger partial charge on any atom is -0.448 e. The van der Waals surface area contributed by atoms with Gasteiger partial charge in [0.2, 0.25) is 0 Å². The zero-order valence-electron chi connectivity index (χ0n) is 16.1. The van der Waals surface area contributed by atoms with E-state index in [0.717, 1.165) is 36.2 Å². The highest BCUT2D eigenvalue weighted by Crippen LogP contribution is 2.28. The van der Waals surface area contributed by atoms with Gasteiger partial charge in [-0.1, -0.05) is 18.2 Å². The predicted molar refractivity (Wildman–Crippen MR) is 106 cm³/mol. The minimum atomic E-state index is -3.10. The molecule has 9 heteroatoms. The number of para-hydroxylation sites is 1. The third kappa shape index (κ3) is 4.05. The fraction of sp³-hybridized carbons (Fsp3) is 0.450. The predicted octanol–water partition coefficient (Wildman–Crippen LogP) is 1.21. The third-order valence-corrected chi connectivity index (χ3v) is 7.12. The number of nitrogens with one attached hydrogen (secondary N) is 1. The zero-order chi connectivity index (χ0) is 20.6. The van der Waals surface area contributed by atoms with Gasteiger partial charge in [0.05, 0.1) is 17.2 Å². The van der Waals surface area contributed by atoms with Crippen LogP contribution in [0, 0.1) is 0 Å². The SMILES string of the molecule is CC(OC(=O)c1nn(-c2ccccc2)c2c1CCC2)C(=O)NC1CCS(=O)(=O)C1. The van der Waals surface area contributed by atoms with Crippen LogP contribution in [0.4, 0.5) is 0 Å². The summed E-state index contributed by atoms with van der Waals surface area (Å²) in [5, 5.41) is 7.12. The topological polar surface area (TPSA) is 107 Å². The maximum atomic E-state index is 12.7. The molecule has 154 valence electrons. The van der Waals surface area contributed by atoms with E-state index in [0.29, 0.717) is 6.42 Å². The molecule has 4 rings (SSSR count). The first-order valence-electron chi connectivity index (χ1n) is 9.72. The molecule has 1 aliphatic heterocycles. The van der Waals surface area contributed by atoms with Crippen LogP contribution < -0.4 is 5.32 Å². The van der Waals surface area contributed by atoms with Crippen molar-refractivity contribution in [3.63, 3.8) is 0 Å². The largest absolute Gasteiger partial charge is 0.448 e. The number of carbonyl (C=O) groups is 2. The number of aromatic nitrogens is 2. The van der Waals surface area contributed by atoms with Gasteiger partial charge < -0.3 is 10.1 Å². The molecule has 8 nitrogen and oxygen atoms in total. The van der Waals surface area contributed by atoms with Crippen LogP contribution in [-0.2, 0) is 32.2 Å². The van der Waals surface area contributed by atoms with Crippen LogP contribution in [0.5, 0.6) is 0 Å². The average molecular weight is 417 g/mol. The second-order valence-electron chi connectivity index (χ2n) is 7.53. The van der Waals surface area contributed by atoms with Crippen molar-refractivity contribution < 1.29 is 22.7 Å². The van der Waals surface area contributed by atoms with Crippen molar-refractivity contribution in [2.75, 3.05) is 11.5 Å². The fourth-order valence-corrected chi connectivity index (χ4v) is 5.55. The zero-order valence-corrected chi connectivity index (χ0v) is 16.9. The molecule has 1 aromatic heterocycles. The molecule has 1 fully saturated rings. The Kier molecular flexibility index (Phi) is 5.16. The van der Waals surface area contributed by atoms with Crippen LogP contribution in [0.25, 0.3) is 5.69 Å². The van der Waals surface area contributed by atoms with E-state index >= 15 is 0 Å². The molecule has 2 atom stereocenters. The van der Waals surface area contributed by atoms with Crippen molar-refractivity contribution in [2.24, 2.45) is 0 Å². The summed E-state index contributed by atoms with van der Waals surface area (Å²) in [6.07, 6.45) is 1.85. The van der Waals surface area contributed by atoms with Gasteiger partial charge in [0.25, 0.3) is 5.91 Å². The van der Waals surface area contributed by atoms with E-state index in [-0.39, 0.29) is 17.2 Å². The molecule has 1 N–H and O–H groups in total. The molecule has 2 aliphatic rings. The fourth-order valence-electron chi connectivity index (χ4n) is 3.88. The van der Waals surface area contributed by atoms with Crippen LogP contribution in [0.1, 0.15) is 41.5 Å². The number of sulfone groups is 1. The molecule has 2 aromatic rings. The van der Waals surface area contributed by atoms with E-state index in [9.17, 15) is 18.0 Å². The monoisotopic (exact) mass is 417 g/mol. The first-order chi connectivity index (χ1) is 13.8. The van der Waals surface area contributed by atoms with Gasteiger partial charge in [-0.3, -0.25) is 4.79 Å². The Labute approximate surface area is 169 Å². The van der Waals surface area contributed by atoms with Crippen molar-refractivity contribution >= 4 is 21.7 Å². The molecule has 2 unspecified atom stereocenters. The van der Waals surface area contributed by atoms with E-state index in [1.54, 1.807) is 4.68 Å². The third-order valence-electron chi connectivity index (χ3n) is 5.36. The maximum Gasteiger partial charge on any atom is 0.359 e. The summed E-state index contributed by atoms with van der Waals surface area (Å²) < 4.78 is 30.2. The molecule has 2 heterocycles. The highest BCUT2D eigenvalue weighted by atomic mass is 32.2. The van der Waals surface area contributed by atoms with E-state index in [2.05, 4.69) is 10.4 Å². The lowest BCUT2D eigenvalue weighted by atomic mass is 10.2. The Morgan fingerprint density at radius 1 is 1.24 bits per heavy atom. The van der Waals surface area contributed by atoms with Gasteiger partial charge in [-0.25, -0.2) is 17.9 Å². The molecule has 0 bridgehead atoms. The molecule has 29 heavy (non-hydrogen) atoms. The van der Waals surface area contributed by atoms with Crippen molar-refractivity contribution in [3.8, 4) is 5.69 Å². The summed E-state index contributed by atoms with van der Waals surface area (Å²) in [5.41, 5.74) is 2.98. The Morgan fingerprint density at radius 3 is 2.69 bits per heavy atom. The summed E-state index contributed by atoms with van der Waals surface area (Å²) in [4.78, 5) is 25.1. The van der Waals surface area contributed by atoms with Gasteiger partial charge in [-0.15, -0.1) is 0 Å². The number of nitrogens with zero attached hydrogens (tertiary/aromatic N) is 2. The number of ether oxygens (including phenoxy) is 1. The van der Waals surface area contributed by atoms with Gasteiger partial charge in [-0.2, -0.15) is 5.10 Å². The summed E-state index contributed by atoms with van der Waals surface area (Å²) in [5.74, 6) is -1.15. The first-order valence-corrected chi connectivity index (χ1v) is 11.5. The van der Waals surface area contributed by atoms with Crippen molar-refractivity contribution in [1.29, 1.82) is 0 Å². The summed E-state index contributed by atoms with van der Waals surface area (Å²) in [6, 6.07) is 9.14. The van der Waals surface area contributed by atoms with Crippen molar-refractivity contribution in [1.82, 2.24) is 15.1 Å². The lowest BCUT2D eigenvalue weighted by molar-refractivity contribution is -0.129. The Bertz CT molecular complexity index is 1050. The number of benzene rings is 1. The van der Waals surface area contributed by atoms with Crippen molar-refractivity contribution in [2.45, 2.75) is 44.8 Å². The van der Waals surface area contributed by atoms with Gasteiger partial charge in [-0.05, 0) is 44.7 Å². The normalized spacial score (nSPS) is 20.8. The molecule has 0 saturated carbocycles. The van der Waals surface area contributed by atoms with Crippen LogP contribution in [0.15, 0.2) is 30.3 Å². The first kappa shape index (κ1) is 19.6. The van der Waals surface area contributed by atoms with Gasteiger partial charge in [0.1, 0.15) is 0 Å². The highest BCUT2D eigenvalue weighted by molar-refractivity contribution is 7.91. The average Bonchev–Trinajstić information content (AvgIpc) is 3.37. The number of fused-ring (bicyclic) bond motifs is 1. The van der Waals surface area contributed by atoms with Crippen molar-refractivity contribution in [3.05, 3.63) is 47.3 Å². The maximum absolute atomic E-state index is 12.7. The van der Waals surface area contributed by atoms with E-state index in [1.807, 2.05) is 30.3 Å². The summed E-state index contributed by atoms with van der Waals surface area (Å²) in [7, 11) is -3.10. The van der Waals surface area contributed by atoms with Gasteiger partial charge in [0, 0.05) is 17.3 Å². The second-order valence-corrected chi connectivity index (χ2v) is 9.76. The Morgan fingerprint density at radius 2 is 2.00 bits per heavy atom. The number of rotatable bonds is 5. The highest BCUT2D eigenvalue weighted by Gasteiger charge is 2.32. The summed E-state index contributed by atoms with van der Waals surface area (Å²) in [6.45, 7) is 1.48. The van der Waals surface area contributed by atoms with Crippen LogP contribution in [-0.4, -0.2) is 53.7 Å². The standard InChI is InChI=1S/C20H23N3O5S/c1-13(19(24)21-14-10-11-29(26,27)12-14)28-20(25)18-16-8-5-9-17(16)23(22-18)15-6-3-2-4-7-15/h2-4,6-7,13-14H,5,8-12H2,1H3,(H,21,24). The lowest BCUT2D eigenvalue weighted by Crippen LogP contribution is -2.42. The van der Waals surface area contributed by atoms with E-state index < -0.39 is 33.9 Å². The number of esters is 1. The Hall–Kier alpha value is -2.68. The minimum absolute atomic E-state index is 0.0647. The molecule has 1 amide bonds. The molecule has 1 aromatic carbocycles. The summed E-state index contributed by atoms with van der Waals surface area (Å²) >= 11 is 0. The van der Waals surface area contributed by atoms with E-state index in [1.165, 1.54) is 6.92 Å². The quantitative estimate of drug-likeness (QED) is 0.733. The van der Waals surface area contributed by atoms with Crippen LogP contribution in [0.2, 0.25) is 0 Å². The molecule has 1 aliphatic carbocycles. The number of hydrogen-bond acceptors (Lipinski definition) is 6. The Balaban J connectivity index is 1.47. The van der Waals surface area contributed by atoms with Crippen LogP contribution >= 0.6 is 0 Å².